The Morgan fingerprint density at radius 3 is 2.31 bits per heavy atom. The summed E-state index contributed by atoms with van der Waals surface area (Å²) in [5.41, 5.74) is 1.69. The summed E-state index contributed by atoms with van der Waals surface area (Å²) in [7, 11) is -3.79. The van der Waals surface area contributed by atoms with E-state index in [2.05, 4.69) is 5.32 Å². The second-order valence-corrected chi connectivity index (χ2v) is 10.1. The molecule has 0 radical (unpaired) electrons. The van der Waals surface area contributed by atoms with Crippen LogP contribution in [0.25, 0.3) is 0 Å². The number of rotatable bonds is 5. The van der Waals surface area contributed by atoms with Crippen LogP contribution in [-0.4, -0.2) is 36.8 Å². The van der Waals surface area contributed by atoms with Crippen LogP contribution in [0.1, 0.15) is 34.3 Å². The average molecular weight is 451 g/mol. The van der Waals surface area contributed by atoms with E-state index in [0.717, 1.165) is 11.1 Å². The molecule has 1 fully saturated rings. The first-order chi connectivity index (χ1) is 15.3. The van der Waals surface area contributed by atoms with E-state index >= 15 is 0 Å². The van der Waals surface area contributed by atoms with Gasteiger partial charge < -0.3 is 10.4 Å². The molecule has 0 bridgehead atoms. The van der Waals surface area contributed by atoms with Crippen molar-refractivity contribution in [1.82, 2.24) is 4.31 Å². The molecule has 0 aliphatic carbocycles. The van der Waals surface area contributed by atoms with E-state index < -0.39 is 15.6 Å². The van der Waals surface area contributed by atoms with Crippen molar-refractivity contribution in [2.45, 2.75) is 30.3 Å². The number of aliphatic hydroxyl groups is 1. The number of hydrogen-bond acceptors (Lipinski definition) is 4. The van der Waals surface area contributed by atoms with Crippen molar-refractivity contribution in [3.8, 4) is 0 Å². The van der Waals surface area contributed by atoms with Gasteiger partial charge in [-0.1, -0.05) is 48.5 Å². The van der Waals surface area contributed by atoms with Gasteiger partial charge in [0.1, 0.15) is 0 Å². The zero-order valence-electron chi connectivity index (χ0n) is 17.9. The first-order valence-electron chi connectivity index (χ1n) is 10.5. The van der Waals surface area contributed by atoms with Crippen molar-refractivity contribution in [3.63, 3.8) is 0 Å². The maximum Gasteiger partial charge on any atom is 0.255 e. The Morgan fingerprint density at radius 2 is 1.62 bits per heavy atom. The van der Waals surface area contributed by atoms with Crippen molar-refractivity contribution in [3.05, 3.63) is 95.6 Å². The first-order valence-corrected chi connectivity index (χ1v) is 12.0. The van der Waals surface area contributed by atoms with E-state index in [4.69, 9.17) is 0 Å². The van der Waals surface area contributed by atoms with Gasteiger partial charge in [-0.15, -0.1) is 0 Å². The number of amides is 1. The Kier molecular flexibility index (Phi) is 6.15. The first kappa shape index (κ1) is 22.2. The Labute approximate surface area is 188 Å². The van der Waals surface area contributed by atoms with Crippen LogP contribution in [0.5, 0.6) is 0 Å². The van der Waals surface area contributed by atoms with E-state index in [1.807, 2.05) is 55.5 Å². The molecule has 0 atom stereocenters. The quantitative estimate of drug-likeness (QED) is 0.617. The molecule has 1 saturated heterocycles. The number of carbonyl (C=O) groups excluding carboxylic acids is 1. The molecule has 32 heavy (non-hydrogen) atoms. The van der Waals surface area contributed by atoms with Gasteiger partial charge in [-0.2, -0.15) is 4.31 Å². The number of benzene rings is 3. The molecular weight excluding hydrogens is 424 g/mol. The SMILES string of the molecule is Cc1cccc(NC(=O)c2cccc(S(=O)(=O)N3CCC(O)(c4ccccc4)CC3)c2)c1. The second kappa shape index (κ2) is 8.86. The largest absolute Gasteiger partial charge is 0.385 e. The predicted molar refractivity (Wildman–Crippen MR) is 124 cm³/mol. The zero-order chi connectivity index (χ0) is 22.8. The van der Waals surface area contributed by atoms with Crippen molar-refractivity contribution in [2.24, 2.45) is 0 Å². The highest BCUT2D eigenvalue weighted by Crippen LogP contribution is 2.34. The highest BCUT2D eigenvalue weighted by atomic mass is 32.2. The van der Waals surface area contributed by atoms with Gasteiger partial charge in [-0.25, -0.2) is 8.42 Å². The van der Waals surface area contributed by atoms with Crippen molar-refractivity contribution < 1.29 is 18.3 Å². The molecule has 2 N–H and O–H groups in total. The molecule has 0 aromatic heterocycles. The molecule has 1 aliphatic rings. The third-order valence-electron chi connectivity index (χ3n) is 5.87. The van der Waals surface area contributed by atoms with Crippen LogP contribution in [0, 0.1) is 6.92 Å². The topological polar surface area (TPSA) is 86.7 Å². The normalized spacial score (nSPS) is 16.4. The summed E-state index contributed by atoms with van der Waals surface area (Å²) in [6.07, 6.45) is 0.619. The van der Waals surface area contributed by atoms with Gasteiger partial charge in [0.2, 0.25) is 10.0 Å². The molecule has 1 aliphatic heterocycles. The molecule has 7 heteroatoms. The number of hydrogen-bond donors (Lipinski definition) is 2. The van der Waals surface area contributed by atoms with Crippen LogP contribution in [0.3, 0.4) is 0 Å². The lowest BCUT2D eigenvalue weighted by molar-refractivity contribution is -0.00961. The summed E-state index contributed by atoms with van der Waals surface area (Å²) in [6, 6.07) is 22.8. The number of sulfonamides is 1. The number of piperidine rings is 1. The monoisotopic (exact) mass is 450 g/mol. The van der Waals surface area contributed by atoms with E-state index in [1.165, 1.54) is 16.4 Å². The molecule has 1 heterocycles. The summed E-state index contributed by atoms with van der Waals surface area (Å²) in [5.74, 6) is -0.371. The summed E-state index contributed by atoms with van der Waals surface area (Å²) in [6.45, 7) is 2.33. The third kappa shape index (κ3) is 4.60. The molecule has 4 rings (SSSR count). The molecule has 3 aromatic rings. The summed E-state index contributed by atoms with van der Waals surface area (Å²) >= 11 is 0. The van der Waals surface area contributed by atoms with Crippen LogP contribution in [-0.2, 0) is 15.6 Å². The van der Waals surface area contributed by atoms with Crippen LogP contribution in [0.4, 0.5) is 5.69 Å². The van der Waals surface area contributed by atoms with Gasteiger partial charge >= 0.3 is 0 Å². The fraction of sp³-hybridized carbons (Fsp3) is 0.240. The van der Waals surface area contributed by atoms with Crippen LogP contribution < -0.4 is 5.32 Å². The molecule has 166 valence electrons. The Morgan fingerprint density at radius 1 is 0.938 bits per heavy atom. The molecular formula is C25H26N2O4S. The van der Waals surface area contributed by atoms with E-state index in [1.54, 1.807) is 18.2 Å². The molecule has 0 unspecified atom stereocenters. The second-order valence-electron chi connectivity index (χ2n) is 8.15. The Hall–Kier alpha value is -3.00. The molecule has 1 amide bonds. The number of nitrogens with one attached hydrogen (secondary N) is 1. The number of anilines is 1. The van der Waals surface area contributed by atoms with Gasteiger partial charge in [0.05, 0.1) is 10.5 Å². The van der Waals surface area contributed by atoms with Crippen molar-refractivity contribution in [1.29, 1.82) is 0 Å². The number of nitrogens with zero attached hydrogens (tertiary/aromatic N) is 1. The molecule has 6 nitrogen and oxygen atoms in total. The Balaban J connectivity index is 1.49. The minimum atomic E-state index is -3.79. The fourth-order valence-electron chi connectivity index (χ4n) is 4.01. The highest BCUT2D eigenvalue weighted by molar-refractivity contribution is 7.89. The lowest BCUT2D eigenvalue weighted by Crippen LogP contribution is -2.45. The fourth-order valence-corrected chi connectivity index (χ4v) is 5.49. The average Bonchev–Trinajstić information content (AvgIpc) is 2.80. The summed E-state index contributed by atoms with van der Waals surface area (Å²) in [5, 5.41) is 13.8. The molecule has 3 aromatic carbocycles. The molecule has 0 spiro atoms. The van der Waals surface area contributed by atoms with Crippen molar-refractivity contribution >= 4 is 21.6 Å². The zero-order valence-corrected chi connectivity index (χ0v) is 18.7. The molecule has 0 saturated carbocycles. The van der Waals surface area contributed by atoms with Crippen LogP contribution in [0.2, 0.25) is 0 Å². The van der Waals surface area contributed by atoms with E-state index in [0.29, 0.717) is 18.5 Å². The van der Waals surface area contributed by atoms with E-state index in [-0.39, 0.29) is 29.5 Å². The lowest BCUT2D eigenvalue weighted by atomic mass is 9.85. The van der Waals surface area contributed by atoms with E-state index in [9.17, 15) is 18.3 Å². The number of aryl methyl sites for hydroxylation is 1. The minimum Gasteiger partial charge on any atom is -0.385 e. The van der Waals surface area contributed by atoms with Gasteiger partial charge in [0, 0.05) is 24.3 Å². The highest BCUT2D eigenvalue weighted by Gasteiger charge is 2.38. The third-order valence-corrected chi connectivity index (χ3v) is 7.77. The van der Waals surface area contributed by atoms with Crippen molar-refractivity contribution in [2.75, 3.05) is 18.4 Å². The standard InChI is InChI=1S/C25H26N2O4S/c1-19-7-5-11-22(17-19)26-24(28)20-8-6-12-23(18-20)32(30,31)27-15-13-25(29,14-16-27)21-9-3-2-4-10-21/h2-12,17-18,29H,13-16H2,1H3,(H,26,28). The van der Waals surface area contributed by atoms with Gasteiger partial charge in [-0.3, -0.25) is 4.79 Å². The lowest BCUT2D eigenvalue weighted by Gasteiger charge is -2.37. The maximum absolute atomic E-state index is 13.2. The van der Waals surface area contributed by atoms with Crippen LogP contribution in [0.15, 0.2) is 83.8 Å². The predicted octanol–water partition coefficient (Wildman–Crippen LogP) is 3.92. The van der Waals surface area contributed by atoms with Gasteiger partial charge in [0.25, 0.3) is 5.91 Å². The van der Waals surface area contributed by atoms with Gasteiger partial charge in [-0.05, 0) is 61.2 Å². The number of carbonyl (C=O) groups is 1. The van der Waals surface area contributed by atoms with Gasteiger partial charge in [0.15, 0.2) is 0 Å². The smallest absolute Gasteiger partial charge is 0.255 e. The van der Waals surface area contributed by atoms with Crippen LogP contribution >= 0.6 is 0 Å². The summed E-state index contributed by atoms with van der Waals surface area (Å²) < 4.78 is 27.8. The maximum atomic E-state index is 13.2. The Bertz CT molecular complexity index is 1220. The summed E-state index contributed by atoms with van der Waals surface area (Å²) in [4.78, 5) is 12.7. The minimum absolute atomic E-state index is 0.0690.